The molecule has 0 aromatic heterocycles. The van der Waals surface area contributed by atoms with Gasteiger partial charge in [0.05, 0.1) is 12.2 Å². The Morgan fingerprint density at radius 2 is 1.95 bits per heavy atom. The number of ether oxygens (including phenoxy) is 1. The van der Waals surface area contributed by atoms with Crippen LogP contribution in [0.5, 0.6) is 0 Å². The first-order valence-electron chi connectivity index (χ1n) is 6.98. The van der Waals surface area contributed by atoms with Crippen LogP contribution in [0.15, 0.2) is 24.3 Å². The third-order valence-electron chi connectivity index (χ3n) is 4.04. The fraction of sp³-hybridized carbons (Fsp3) is 0.625. The molecule has 0 heterocycles. The zero-order valence-corrected chi connectivity index (χ0v) is 13.8. The summed E-state index contributed by atoms with van der Waals surface area (Å²) in [6, 6.07) is 6.96. The van der Waals surface area contributed by atoms with E-state index in [-0.39, 0.29) is 18.0 Å². The molecule has 0 spiro atoms. The molecule has 1 aliphatic rings. The number of alkyl halides is 1. The Morgan fingerprint density at radius 1 is 1.32 bits per heavy atom. The molecule has 19 heavy (non-hydrogen) atoms. The Labute approximate surface area is 129 Å². The molecule has 3 heteroatoms. The number of benzene rings is 1. The summed E-state index contributed by atoms with van der Waals surface area (Å²) in [6.07, 6.45) is 4.75. The second-order valence-electron chi connectivity index (χ2n) is 6.16. The molecule has 0 amide bonds. The van der Waals surface area contributed by atoms with Crippen molar-refractivity contribution in [3.8, 4) is 0 Å². The molecule has 1 atom stereocenters. The van der Waals surface area contributed by atoms with Crippen LogP contribution in [0.1, 0.15) is 51.2 Å². The van der Waals surface area contributed by atoms with Gasteiger partial charge >= 0.3 is 0 Å². The Balaban J connectivity index is 1.99. The van der Waals surface area contributed by atoms with E-state index in [4.69, 9.17) is 4.74 Å². The SMILES string of the molecule is CC1(C)CCC(OC(CI)c2ccccc2F)CC1. The lowest BCUT2D eigenvalue weighted by atomic mass is 9.76. The molecule has 0 aliphatic heterocycles. The lowest BCUT2D eigenvalue weighted by Crippen LogP contribution is -2.28. The minimum Gasteiger partial charge on any atom is -0.369 e. The fourth-order valence-electron chi connectivity index (χ4n) is 2.67. The summed E-state index contributed by atoms with van der Waals surface area (Å²) in [6.45, 7) is 4.63. The van der Waals surface area contributed by atoms with Gasteiger partial charge in [-0.2, -0.15) is 0 Å². The van der Waals surface area contributed by atoms with Crippen molar-refractivity contribution in [2.45, 2.75) is 51.7 Å². The van der Waals surface area contributed by atoms with E-state index in [1.165, 1.54) is 18.9 Å². The number of hydrogen-bond acceptors (Lipinski definition) is 1. The van der Waals surface area contributed by atoms with Crippen LogP contribution >= 0.6 is 22.6 Å². The Kier molecular flexibility index (Phi) is 5.23. The molecule has 1 aromatic rings. The van der Waals surface area contributed by atoms with Crippen molar-refractivity contribution in [3.63, 3.8) is 0 Å². The number of halogens is 2. The molecule has 0 N–H and O–H groups in total. The van der Waals surface area contributed by atoms with Crippen LogP contribution in [0.4, 0.5) is 4.39 Å². The van der Waals surface area contributed by atoms with E-state index in [1.807, 2.05) is 12.1 Å². The monoisotopic (exact) mass is 376 g/mol. The van der Waals surface area contributed by atoms with Crippen molar-refractivity contribution in [2.24, 2.45) is 5.41 Å². The van der Waals surface area contributed by atoms with Gasteiger partial charge in [0.2, 0.25) is 0 Å². The second-order valence-corrected chi connectivity index (χ2v) is 7.04. The van der Waals surface area contributed by atoms with E-state index in [0.29, 0.717) is 11.0 Å². The largest absolute Gasteiger partial charge is 0.369 e. The van der Waals surface area contributed by atoms with Gasteiger partial charge in [0.1, 0.15) is 5.82 Å². The maximum atomic E-state index is 13.8. The molecule has 0 radical (unpaired) electrons. The van der Waals surface area contributed by atoms with E-state index in [1.54, 1.807) is 6.07 Å². The van der Waals surface area contributed by atoms with Gasteiger partial charge in [0.25, 0.3) is 0 Å². The molecule has 1 aliphatic carbocycles. The first kappa shape index (κ1) is 15.2. The molecule has 1 unspecified atom stereocenters. The number of rotatable bonds is 4. The predicted octanol–water partition coefficient (Wildman–Crippen LogP) is 5.29. The van der Waals surface area contributed by atoms with Crippen LogP contribution in [-0.4, -0.2) is 10.5 Å². The summed E-state index contributed by atoms with van der Waals surface area (Å²) >= 11 is 2.28. The first-order valence-corrected chi connectivity index (χ1v) is 8.50. The van der Waals surface area contributed by atoms with Crippen molar-refractivity contribution >= 4 is 22.6 Å². The summed E-state index contributed by atoms with van der Waals surface area (Å²) in [4.78, 5) is 0. The van der Waals surface area contributed by atoms with Gasteiger partial charge in [-0.3, -0.25) is 0 Å². The van der Waals surface area contributed by atoms with E-state index in [2.05, 4.69) is 36.4 Å². The van der Waals surface area contributed by atoms with E-state index >= 15 is 0 Å². The predicted molar refractivity (Wildman–Crippen MR) is 85.2 cm³/mol. The van der Waals surface area contributed by atoms with Gasteiger partial charge in [0.15, 0.2) is 0 Å². The van der Waals surface area contributed by atoms with Crippen LogP contribution in [0.25, 0.3) is 0 Å². The average Bonchev–Trinajstić information content (AvgIpc) is 2.39. The van der Waals surface area contributed by atoms with Gasteiger partial charge in [0, 0.05) is 9.99 Å². The van der Waals surface area contributed by atoms with Gasteiger partial charge in [-0.05, 0) is 37.2 Å². The van der Waals surface area contributed by atoms with Crippen molar-refractivity contribution < 1.29 is 9.13 Å². The highest BCUT2D eigenvalue weighted by Crippen LogP contribution is 2.38. The van der Waals surface area contributed by atoms with Crippen molar-refractivity contribution in [3.05, 3.63) is 35.6 Å². The van der Waals surface area contributed by atoms with E-state index in [9.17, 15) is 4.39 Å². The van der Waals surface area contributed by atoms with Crippen molar-refractivity contribution in [2.75, 3.05) is 4.43 Å². The van der Waals surface area contributed by atoms with E-state index < -0.39 is 0 Å². The van der Waals surface area contributed by atoms with Gasteiger partial charge in [-0.15, -0.1) is 0 Å². The molecule has 1 saturated carbocycles. The normalized spacial score (nSPS) is 21.3. The Hall–Kier alpha value is -0.160. The van der Waals surface area contributed by atoms with Gasteiger partial charge < -0.3 is 4.74 Å². The summed E-state index contributed by atoms with van der Waals surface area (Å²) in [7, 11) is 0. The molecule has 0 saturated heterocycles. The standard InChI is InChI=1S/C16H22FIO/c1-16(2)9-7-12(8-10-16)19-15(11-18)13-5-3-4-6-14(13)17/h3-6,12,15H,7-11H2,1-2H3. The molecular formula is C16H22FIO. The Morgan fingerprint density at radius 3 is 2.53 bits per heavy atom. The van der Waals surface area contributed by atoms with Gasteiger partial charge in [-0.1, -0.05) is 54.6 Å². The van der Waals surface area contributed by atoms with Crippen molar-refractivity contribution in [1.29, 1.82) is 0 Å². The molecule has 1 fully saturated rings. The fourth-order valence-corrected chi connectivity index (χ4v) is 3.35. The minimum atomic E-state index is -0.152. The maximum absolute atomic E-state index is 13.8. The molecule has 106 valence electrons. The van der Waals surface area contributed by atoms with Crippen LogP contribution in [0.3, 0.4) is 0 Å². The Bertz CT molecular complexity index is 409. The van der Waals surface area contributed by atoms with Crippen molar-refractivity contribution in [1.82, 2.24) is 0 Å². The average molecular weight is 376 g/mol. The zero-order valence-electron chi connectivity index (χ0n) is 11.7. The maximum Gasteiger partial charge on any atom is 0.129 e. The summed E-state index contributed by atoms with van der Waals surface area (Å²) < 4.78 is 20.8. The van der Waals surface area contributed by atoms with Crippen LogP contribution in [-0.2, 0) is 4.74 Å². The highest BCUT2D eigenvalue weighted by atomic mass is 127. The smallest absolute Gasteiger partial charge is 0.129 e. The third kappa shape index (κ3) is 4.15. The summed E-state index contributed by atoms with van der Waals surface area (Å²) in [5.74, 6) is -0.152. The molecule has 0 bridgehead atoms. The molecular weight excluding hydrogens is 354 g/mol. The molecule has 2 rings (SSSR count). The van der Waals surface area contributed by atoms with Crippen LogP contribution in [0, 0.1) is 11.2 Å². The van der Waals surface area contributed by atoms with E-state index in [0.717, 1.165) is 17.3 Å². The minimum absolute atomic E-state index is 0.118. The third-order valence-corrected chi connectivity index (χ3v) is 4.84. The molecule has 1 aromatic carbocycles. The lowest BCUT2D eigenvalue weighted by Gasteiger charge is -2.35. The first-order chi connectivity index (χ1) is 9.02. The summed E-state index contributed by atoms with van der Waals surface area (Å²) in [5, 5.41) is 0. The number of hydrogen-bond donors (Lipinski definition) is 0. The lowest BCUT2D eigenvalue weighted by molar-refractivity contribution is -0.0369. The van der Waals surface area contributed by atoms with Gasteiger partial charge in [-0.25, -0.2) is 4.39 Å². The quantitative estimate of drug-likeness (QED) is 0.513. The topological polar surface area (TPSA) is 9.23 Å². The zero-order chi connectivity index (χ0) is 13.9. The van der Waals surface area contributed by atoms with Crippen LogP contribution < -0.4 is 0 Å². The van der Waals surface area contributed by atoms with Crippen LogP contribution in [0.2, 0.25) is 0 Å². The summed E-state index contributed by atoms with van der Waals surface area (Å²) in [5.41, 5.74) is 1.14. The molecule has 1 nitrogen and oxygen atoms in total. The highest BCUT2D eigenvalue weighted by molar-refractivity contribution is 14.1. The highest BCUT2D eigenvalue weighted by Gasteiger charge is 2.29. The second kappa shape index (κ2) is 6.53.